The second kappa shape index (κ2) is 9.08. The first kappa shape index (κ1) is 18.8. The fraction of sp³-hybridized carbons (Fsp3) is 0.0625. The zero-order chi connectivity index (χ0) is 18.9. The lowest BCUT2D eigenvalue weighted by atomic mass is 10.2. The number of thiocarbonyl (C=S) groups is 1. The van der Waals surface area contributed by atoms with E-state index in [2.05, 4.69) is 15.8 Å². The molecular weight excluding hydrogens is 360 g/mol. The number of rotatable bonds is 7. The molecule has 0 aliphatic carbocycles. The maximum absolute atomic E-state index is 10.9. The number of para-hydroxylation sites is 2. The molecule has 26 heavy (non-hydrogen) atoms. The van der Waals surface area contributed by atoms with E-state index >= 15 is 0 Å². The van der Waals surface area contributed by atoms with Crippen LogP contribution in [0.15, 0.2) is 53.6 Å². The van der Waals surface area contributed by atoms with Crippen LogP contribution in [0, 0.1) is 10.1 Å². The molecule has 0 unspecified atom stereocenters. The quantitative estimate of drug-likeness (QED) is 0.319. The number of nitrogens with zero attached hydrogens (tertiary/aromatic N) is 2. The molecule has 0 bridgehead atoms. The number of carbonyl (C=O) groups excluding carboxylic acids is 1. The van der Waals surface area contributed by atoms with Gasteiger partial charge in [0.1, 0.15) is 18.0 Å². The lowest BCUT2D eigenvalue weighted by Gasteiger charge is -2.07. The van der Waals surface area contributed by atoms with E-state index in [1.165, 1.54) is 18.3 Å². The molecule has 0 radical (unpaired) electrons. The number of carbonyl (C=O) groups is 1. The molecule has 0 amide bonds. The van der Waals surface area contributed by atoms with Crippen molar-refractivity contribution in [3.05, 3.63) is 64.2 Å². The Morgan fingerprint density at radius 2 is 1.92 bits per heavy atom. The van der Waals surface area contributed by atoms with Crippen molar-refractivity contribution in [1.82, 2.24) is 5.43 Å². The van der Waals surface area contributed by atoms with Crippen molar-refractivity contribution in [3.8, 4) is 5.75 Å². The number of nitro benzene ring substituents is 1. The van der Waals surface area contributed by atoms with Gasteiger partial charge in [0, 0.05) is 6.07 Å². The predicted molar refractivity (Wildman–Crippen MR) is 97.0 cm³/mol. The molecule has 0 fully saturated rings. The van der Waals surface area contributed by atoms with Gasteiger partial charge in [0.25, 0.3) is 5.69 Å². The summed E-state index contributed by atoms with van der Waals surface area (Å²) < 4.78 is 4.95. The van der Waals surface area contributed by atoms with Crippen LogP contribution in [-0.4, -0.2) is 28.8 Å². The summed E-state index contributed by atoms with van der Waals surface area (Å²) >= 11 is 5.04. The first-order chi connectivity index (χ1) is 12.5. The van der Waals surface area contributed by atoms with E-state index in [0.29, 0.717) is 11.3 Å². The van der Waals surface area contributed by atoms with Crippen LogP contribution in [0.1, 0.15) is 5.56 Å². The standard InChI is InChI=1S/C16H14N4O5S/c21-15(22)10-25-12-7-5-11(6-8-12)9-17-19-16(26)18-13-3-1-2-4-14(13)20(23)24/h1-9H,10H2,(H,21,22)(H2,18,19,26)/p-1/b17-9-. The SMILES string of the molecule is O=C([O-])COc1ccc(/C=N\NC(=S)Nc2ccccc2[N+](=O)[O-])cc1. The summed E-state index contributed by atoms with van der Waals surface area (Å²) in [6, 6.07) is 12.6. The van der Waals surface area contributed by atoms with Crippen molar-refractivity contribution in [2.24, 2.45) is 5.10 Å². The number of nitrogens with one attached hydrogen (secondary N) is 2. The Bertz CT molecular complexity index is 839. The van der Waals surface area contributed by atoms with Gasteiger partial charge in [0.2, 0.25) is 0 Å². The molecule has 2 aromatic rings. The highest BCUT2D eigenvalue weighted by Crippen LogP contribution is 2.22. The molecule has 2 N–H and O–H groups in total. The first-order valence-electron chi connectivity index (χ1n) is 7.22. The Morgan fingerprint density at radius 1 is 1.23 bits per heavy atom. The number of benzene rings is 2. The largest absolute Gasteiger partial charge is 0.546 e. The molecule has 0 aromatic heterocycles. The summed E-state index contributed by atoms with van der Waals surface area (Å²) in [6.45, 7) is -0.527. The molecule has 0 saturated heterocycles. The average molecular weight is 373 g/mol. The van der Waals surface area contributed by atoms with Crippen LogP contribution in [0.25, 0.3) is 0 Å². The summed E-state index contributed by atoms with van der Waals surface area (Å²) in [4.78, 5) is 20.7. The maximum atomic E-state index is 10.9. The summed E-state index contributed by atoms with van der Waals surface area (Å²) in [5.74, 6) is -0.924. The molecule has 2 aromatic carbocycles. The van der Waals surface area contributed by atoms with E-state index in [0.717, 1.165) is 0 Å². The van der Waals surface area contributed by atoms with Crippen molar-refractivity contribution in [1.29, 1.82) is 0 Å². The monoisotopic (exact) mass is 373 g/mol. The van der Waals surface area contributed by atoms with Crippen molar-refractivity contribution in [2.45, 2.75) is 0 Å². The van der Waals surface area contributed by atoms with E-state index in [1.54, 1.807) is 36.4 Å². The Balaban J connectivity index is 1.89. The molecule has 0 aliphatic heterocycles. The molecule has 0 heterocycles. The van der Waals surface area contributed by atoms with Crippen LogP contribution >= 0.6 is 12.2 Å². The van der Waals surface area contributed by atoms with Gasteiger partial charge in [0.15, 0.2) is 5.11 Å². The van der Waals surface area contributed by atoms with E-state index in [-0.39, 0.29) is 16.5 Å². The minimum Gasteiger partial charge on any atom is -0.546 e. The van der Waals surface area contributed by atoms with E-state index < -0.39 is 17.5 Å². The average Bonchev–Trinajstić information content (AvgIpc) is 2.61. The number of hydrogen-bond donors (Lipinski definition) is 2. The number of nitro groups is 1. The Labute approximate surface area is 153 Å². The van der Waals surface area contributed by atoms with Gasteiger partial charge in [-0.1, -0.05) is 12.1 Å². The third-order valence-electron chi connectivity index (χ3n) is 2.97. The fourth-order valence-electron chi connectivity index (χ4n) is 1.85. The van der Waals surface area contributed by atoms with Crippen LogP contribution in [0.5, 0.6) is 5.75 Å². The molecule has 0 aliphatic rings. The number of aliphatic carboxylic acids is 1. The molecule has 0 atom stereocenters. The summed E-state index contributed by atoms with van der Waals surface area (Å²) in [6.07, 6.45) is 1.47. The normalized spacial score (nSPS) is 10.3. The third-order valence-corrected chi connectivity index (χ3v) is 3.16. The minimum atomic E-state index is -1.31. The first-order valence-corrected chi connectivity index (χ1v) is 7.62. The third kappa shape index (κ3) is 5.83. The van der Waals surface area contributed by atoms with Crippen molar-refractivity contribution < 1.29 is 19.6 Å². The summed E-state index contributed by atoms with van der Waals surface area (Å²) in [5.41, 5.74) is 3.40. The van der Waals surface area contributed by atoms with E-state index in [1.807, 2.05) is 0 Å². The molecule has 2 rings (SSSR count). The van der Waals surface area contributed by atoms with Crippen molar-refractivity contribution >= 4 is 40.9 Å². The second-order valence-corrected chi connectivity index (χ2v) is 5.24. The molecule has 0 saturated carbocycles. The van der Waals surface area contributed by atoms with Gasteiger partial charge in [-0.25, -0.2) is 0 Å². The molecule has 0 spiro atoms. The molecule has 134 valence electrons. The highest BCUT2D eigenvalue weighted by Gasteiger charge is 2.12. The van der Waals surface area contributed by atoms with Crippen molar-refractivity contribution in [2.75, 3.05) is 11.9 Å². The number of carboxylic acids is 1. The minimum absolute atomic E-state index is 0.0875. The summed E-state index contributed by atoms with van der Waals surface area (Å²) in [7, 11) is 0. The highest BCUT2D eigenvalue weighted by molar-refractivity contribution is 7.80. The Morgan fingerprint density at radius 3 is 2.58 bits per heavy atom. The smallest absolute Gasteiger partial charge is 0.292 e. The van der Waals surface area contributed by atoms with E-state index in [9.17, 15) is 20.0 Å². The maximum Gasteiger partial charge on any atom is 0.292 e. The fourth-order valence-corrected chi connectivity index (χ4v) is 2.01. The van der Waals surface area contributed by atoms with Gasteiger partial charge in [-0.3, -0.25) is 15.5 Å². The van der Waals surface area contributed by atoms with Gasteiger partial charge < -0.3 is 20.0 Å². The Kier molecular flexibility index (Phi) is 6.57. The van der Waals surface area contributed by atoms with Crippen LogP contribution in [0.2, 0.25) is 0 Å². The lowest BCUT2D eigenvalue weighted by molar-refractivity contribution is -0.383. The van der Waals surface area contributed by atoms with Crippen LogP contribution in [0.3, 0.4) is 0 Å². The van der Waals surface area contributed by atoms with Gasteiger partial charge in [-0.15, -0.1) is 0 Å². The molecule has 9 nitrogen and oxygen atoms in total. The number of anilines is 1. The molecule has 10 heteroatoms. The number of carboxylic acid groups (broad SMARTS) is 1. The highest BCUT2D eigenvalue weighted by atomic mass is 32.1. The Hall–Kier alpha value is -3.53. The van der Waals surface area contributed by atoms with Crippen LogP contribution in [0.4, 0.5) is 11.4 Å². The zero-order valence-electron chi connectivity index (χ0n) is 13.2. The van der Waals surface area contributed by atoms with Gasteiger partial charge in [-0.05, 0) is 48.1 Å². The lowest BCUT2D eigenvalue weighted by Crippen LogP contribution is -2.28. The van der Waals surface area contributed by atoms with Crippen LogP contribution < -0.4 is 20.6 Å². The molecular formula is C16H13N4O5S-. The van der Waals surface area contributed by atoms with Crippen molar-refractivity contribution in [3.63, 3.8) is 0 Å². The van der Waals surface area contributed by atoms with Gasteiger partial charge in [-0.2, -0.15) is 5.10 Å². The number of hydrazone groups is 1. The van der Waals surface area contributed by atoms with Gasteiger partial charge >= 0.3 is 0 Å². The topological polar surface area (TPSA) is 129 Å². The number of hydrogen-bond acceptors (Lipinski definition) is 7. The second-order valence-electron chi connectivity index (χ2n) is 4.83. The van der Waals surface area contributed by atoms with Gasteiger partial charge in [0.05, 0.1) is 17.1 Å². The number of ether oxygens (including phenoxy) is 1. The zero-order valence-corrected chi connectivity index (χ0v) is 14.1. The van der Waals surface area contributed by atoms with Crippen LogP contribution in [-0.2, 0) is 4.79 Å². The predicted octanol–water partition coefficient (Wildman–Crippen LogP) is 1.04. The summed E-state index contributed by atoms with van der Waals surface area (Å²) in [5, 5.41) is 28.0. The van der Waals surface area contributed by atoms with E-state index in [4.69, 9.17) is 17.0 Å².